The van der Waals surface area contributed by atoms with Crippen LogP contribution < -0.4 is 5.32 Å². The zero-order valence-corrected chi connectivity index (χ0v) is 17.0. The summed E-state index contributed by atoms with van der Waals surface area (Å²) in [6, 6.07) is 4.41. The van der Waals surface area contributed by atoms with Crippen LogP contribution in [0.15, 0.2) is 24.5 Å². The maximum atomic E-state index is 12.4. The van der Waals surface area contributed by atoms with Crippen LogP contribution in [0, 0.1) is 26.7 Å². The Kier molecular flexibility index (Phi) is 6.83. The molecule has 2 aromatic rings. The zero-order chi connectivity index (χ0) is 19.3. The molecule has 1 aromatic carbocycles. The first-order valence-corrected chi connectivity index (χ1v) is 9.41. The van der Waals surface area contributed by atoms with E-state index in [-0.39, 0.29) is 6.03 Å². The number of nitrogens with zero attached hydrogens (tertiary/aromatic N) is 3. The Balaban J connectivity index is 2.22. The second kappa shape index (κ2) is 8.88. The minimum atomic E-state index is -0.0292. The van der Waals surface area contributed by atoms with E-state index < -0.39 is 0 Å². The summed E-state index contributed by atoms with van der Waals surface area (Å²) in [4.78, 5) is 18.8. The number of urea groups is 1. The first-order valence-electron chi connectivity index (χ1n) is 9.41. The highest BCUT2D eigenvalue weighted by Crippen LogP contribution is 2.19. The molecule has 0 aliphatic rings. The Bertz CT molecular complexity index is 725. The Hall–Kier alpha value is -2.30. The number of carbonyl (C=O) groups is 1. The number of nitrogens with one attached hydrogen (secondary N) is 1. The lowest BCUT2D eigenvalue weighted by atomic mass is 10.00. The van der Waals surface area contributed by atoms with Crippen molar-refractivity contribution in [3.05, 3.63) is 52.6 Å². The molecule has 5 nitrogen and oxygen atoms in total. The predicted molar refractivity (Wildman–Crippen MR) is 106 cm³/mol. The lowest BCUT2D eigenvalue weighted by Crippen LogP contribution is -2.41. The van der Waals surface area contributed by atoms with Gasteiger partial charge in [-0.15, -0.1) is 0 Å². The molecule has 0 bridgehead atoms. The fourth-order valence-corrected chi connectivity index (χ4v) is 3.36. The van der Waals surface area contributed by atoms with Gasteiger partial charge >= 0.3 is 6.03 Å². The molecular weight excluding hydrogens is 324 g/mol. The minimum Gasteiger partial charge on any atom is -0.338 e. The fourth-order valence-electron chi connectivity index (χ4n) is 3.36. The molecule has 0 aliphatic heterocycles. The molecule has 0 spiro atoms. The number of benzene rings is 1. The van der Waals surface area contributed by atoms with Gasteiger partial charge in [-0.1, -0.05) is 31.5 Å². The summed E-state index contributed by atoms with van der Waals surface area (Å²) in [5, 5.41) is 2.91. The fraction of sp³-hybridized carbons (Fsp3) is 0.524. The van der Waals surface area contributed by atoms with Crippen LogP contribution in [0.25, 0.3) is 0 Å². The third kappa shape index (κ3) is 5.10. The number of aromatic nitrogens is 2. The first-order chi connectivity index (χ1) is 12.3. The highest BCUT2D eigenvalue weighted by Gasteiger charge is 2.17. The quantitative estimate of drug-likeness (QED) is 0.814. The molecule has 5 heteroatoms. The highest BCUT2D eigenvalue weighted by atomic mass is 16.2. The normalized spacial score (nSPS) is 11.0. The monoisotopic (exact) mass is 356 g/mol. The number of hydrogen-bond donors (Lipinski definition) is 1. The minimum absolute atomic E-state index is 0.0292. The molecule has 0 unspecified atom stereocenters. The molecule has 0 saturated heterocycles. The smallest absolute Gasteiger partial charge is 0.317 e. The predicted octanol–water partition coefficient (Wildman–Crippen LogP) is 4.04. The standard InChI is InChI=1S/C21H32N4O/c1-7-22-21(26)25(12-15(2)3)14-20-23-8-9-24(20)13-19-17(5)10-16(4)11-18(19)6/h8-11,15H,7,12-14H2,1-6H3,(H,22,26). The number of hydrogen-bond acceptors (Lipinski definition) is 2. The van der Waals surface area contributed by atoms with Crippen LogP contribution >= 0.6 is 0 Å². The second-order valence-electron chi connectivity index (χ2n) is 7.46. The number of imidazole rings is 1. The van der Waals surface area contributed by atoms with Gasteiger partial charge in [0.05, 0.1) is 6.54 Å². The molecule has 2 amide bonds. The largest absolute Gasteiger partial charge is 0.338 e. The summed E-state index contributed by atoms with van der Waals surface area (Å²) >= 11 is 0. The maximum absolute atomic E-state index is 12.4. The van der Waals surface area contributed by atoms with E-state index in [1.165, 1.54) is 22.3 Å². The number of amides is 2. The van der Waals surface area contributed by atoms with Gasteiger partial charge in [0, 0.05) is 32.0 Å². The average Bonchev–Trinajstić information content (AvgIpc) is 2.97. The van der Waals surface area contributed by atoms with Crippen LogP contribution in [0.4, 0.5) is 4.79 Å². The van der Waals surface area contributed by atoms with Crippen molar-refractivity contribution in [2.45, 2.75) is 54.6 Å². The van der Waals surface area contributed by atoms with Crippen molar-refractivity contribution in [3.8, 4) is 0 Å². The van der Waals surface area contributed by atoms with Gasteiger partial charge in [-0.3, -0.25) is 0 Å². The molecule has 2 rings (SSSR count). The molecule has 142 valence electrons. The van der Waals surface area contributed by atoms with Crippen LogP contribution in [0.3, 0.4) is 0 Å². The van der Waals surface area contributed by atoms with E-state index in [9.17, 15) is 4.79 Å². The summed E-state index contributed by atoms with van der Waals surface area (Å²) in [6.07, 6.45) is 3.82. The van der Waals surface area contributed by atoms with Crippen molar-refractivity contribution < 1.29 is 4.79 Å². The Labute approximate surface area is 157 Å². The SMILES string of the molecule is CCNC(=O)N(Cc1nccn1Cc1c(C)cc(C)cc1C)CC(C)C. The van der Waals surface area contributed by atoms with Crippen LogP contribution in [-0.4, -0.2) is 33.6 Å². The lowest BCUT2D eigenvalue weighted by molar-refractivity contribution is 0.186. The van der Waals surface area contributed by atoms with E-state index in [2.05, 4.69) is 61.6 Å². The molecule has 1 aromatic heterocycles. The van der Waals surface area contributed by atoms with E-state index in [4.69, 9.17) is 0 Å². The third-order valence-electron chi connectivity index (χ3n) is 4.50. The van der Waals surface area contributed by atoms with Gasteiger partial charge in [-0.05, 0) is 50.3 Å². The van der Waals surface area contributed by atoms with E-state index in [1.807, 2.05) is 24.2 Å². The van der Waals surface area contributed by atoms with E-state index in [0.29, 0.717) is 25.6 Å². The van der Waals surface area contributed by atoms with Crippen LogP contribution in [0.1, 0.15) is 48.8 Å². The summed E-state index contributed by atoms with van der Waals surface area (Å²) in [5.41, 5.74) is 5.20. The van der Waals surface area contributed by atoms with Crippen LogP contribution in [0.2, 0.25) is 0 Å². The second-order valence-corrected chi connectivity index (χ2v) is 7.46. The molecule has 0 atom stereocenters. The molecule has 26 heavy (non-hydrogen) atoms. The summed E-state index contributed by atoms with van der Waals surface area (Å²) < 4.78 is 2.15. The molecule has 1 heterocycles. The van der Waals surface area contributed by atoms with Gasteiger partial charge in [-0.2, -0.15) is 0 Å². The third-order valence-corrected chi connectivity index (χ3v) is 4.50. The van der Waals surface area contributed by atoms with E-state index in [1.54, 1.807) is 0 Å². The van der Waals surface area contributed by atoms with E-state index in [0.717, 1.165) is 12.4 Å². The van der Waals surface area contributed by atoms with Crippen LogP contribution in [0.5, 0.6) is 0 Å². The van der Waals surface area contributed by atoms with Gasteiger partial charge in [-0.25, -0.2) is 9.78 Å². The molecular formula is C21H32N4O. The molecule has 0 fully saturated rings. The Morgan fingerprint density at radius 2 is 1.88 bits per heavy atom. The number of carbonyl (C=O) groups excluding carboxylic acids is 1. The molecule has 0 radical (unpaired) electrons. The lowest BCUT2D eigenvalue weighted by Gasteiger charge is -2.25. The van der Waals surface area contributed by atoms with Crippen molar-refractivity contribution in [1.82, 2.24) is 19.8 Å². The van der Waals surface area contributed by atoms with Crippen molar-refractivity contribution in [1.29, 1.82) is 0 Å². The van der Waals surface area contributed by atoms with E-state index >= 15 is 0 Å². The first kappa shape index (κ1) is 20.0. The zero-order valence-electron chi connectivity index (χ0n) is 17.0. The molecule has 0 saturated carbocycles. The van der Waals surface area contributed by atoms with Gasteiger partial charge in [0.2, 0.25) is 0 Å². The summed E-state index contributed by atoms with van der Waals surface area (Å²) in [5.74, 6) is 1.32. The van der Waals surface area contributed by atoms with Gasteiger partial charge in [0.15, 0.2) is 0 Å². The molecule has 1 N–H and O–H groups in total. The van der Waals surface area contributed by atoms with Gasteiger partial charge in [0.25, 0.3) is 0 Å². The van der Waals surface area contributed by atoms with Gasteiger partial charge < -0.3 is 14.8 Å². The van der Waals surface area contributed by atoms with Crippen molar-refractivity contribution >= 4 is 6.03 Å². The van der Waals surface area contributed by atoms with Crippen LogP contribution in [-0.2, 0) is 13.1 Å². The number of rotatable bonds is 7. The van der Waals surface area contributed by atoms with Crippen molar-refractivity contribution in [3.63, 3.8) is 0 Å². The van der Waals surface area contributed by atoms with Crippen molar-refractivity contribution in [2.75, 3.05) is 13.1 Å². The van der Waals surface area contributed by atoms with Crippen molar-refractivity contribution in [2.24, 2.45) is 5.92 Å². The summed E-state index contributed by atoms with van der Waals surface area (Å²) in [7, 11) is 0. The van der Waals surface area contributed by atoms with Gasteiger partial charge in [0.1, 0.15) is 5.82 Å². The highest BCUT2D eigenvalue weighted by molar-refractivity contribution is 5.74. The Morgan fingerprint density at radius 3 is 2.46 bits per heavy atom. The average molecular weight is 357 g/mol. The molecule has 0 aliphatic carbocycles. The summed E-state index contributed by atoms with van der Waals surface area (Å²) in [6.45, 7) is 15.3. The maximum Gasteiger partial charge on any atom is 0.317 e. The number of aryl methyl sites for hydroxylation is 3. The topological polar surface area (TPSA) is 50.2 Å². The Morgan fingerprint density at radius 1 is 1.23 bits per heavy atom.